The van der Waals surface area contributed by atoms with Crippen molar-refractivity contribution in [3.05, 3.63) is 47.5 Å². The summed E-state index contributed by atoms with van der Waals surface area (Å²) in [4.78, 5) is 2.37. The number of aryl methyl sites for hydroxylation is 1. The number of rotatable bonds is 3. The molecule has 2 aromatic rings. The van der Waals surface area contributed by atoms with Crippen molar-refractivity contribution < 1.29 is 13.2 Å². The first-order chi connectivity index (χ1) is 12.4. The Morgan fingerprint density at radius 2 is 1.85 bits per heavy atom. The van der Waals surface area contributed by atoms with Gasteiger partial charge in [0.15, 0.2) is 0 Å². The van der Waals surface area contributed by atoms with E-state index in [0.717, 1.165) is 24.5 Å². The van der Waals surface area contributed by atoms with Gasteiger partial charge in [0.1, 0.15) is 12.2 Å². The summed E-state index contributed by atoms with van der Waals surface area (Å²) in [6.07, 6.45) is 2.32. The molecule has 2 aliphatic rings. The van der Waals surface area contributed by atoms with Crippen LogP contribution in [0.3, 0.4) is 0 Å². The Bertz CT molecular complexity index is 760. The highest BCUT2D eigenvalue weighted by molar-refractivity contribution is 5.25. The summed E-state index contributed by atoms with van der Waals surface area (Å²) >= 11 is 0. The maximum Gasteiger partial charge on any atom is 0.416 e. The van der Waals surface area contributed by atoms with Crippen molar-refractivity contribution >= 4 is 0 Å². The Morgan fingerprint density at radius 3 is 2.42 bits per heavy atom. The largest absolute Gasteiger partial charge is 0.416 e. The van der Waals surface area contributed by atoms with Crippen LogP contribution in [0.15, 0.2) is 30.6 Å². The van der Waals surface area contributed by atoms with Crippen molar-refractivity contribution in [1.29, 1.82) is 0 Å². The minimum Gasteiger partial charge on any atom is -0.320 e. The van der Waals surface area contributed by atoms with E-state index >= 15 is 0 Å². The average molecular weight is 364 g/mol. The second kappa shape index (κ2) is 6.37. The summed E-state index contributed by atoms with van der Waals surface area (Å²) in [6, 6.07) is 5.55. The second-order valence-corrected chi connectivity index (χ2v) is 7.79. The minimum atomic E-state index is -4.28. The highest BCUT2D eigenvalue weighted by atomic mass is 19.4. The fraction of sp³-hybridized carbons (Fsp3) is 0.579. The zero-order chi connectivity index (χ0) is 18.4. The van der Waals surface area contributed by atoms with Gasteiger partial charge in [0.25, 0.3) is 0 Å². The molecule has 0 amide bonds. The van der Waals surface area contributed by atoms with E-state index in [4.69, 9.17) is 0 Å². The number of likely N-dealkylation sites (tertiary alicyclic amines) is 1. The molecule has 1 aliphatic carbocycles. The average Bonchev–Trinajstić information content (AvgIpc) is 3.29. The Kier molecular flexibility index (Phi) is 4.29. The second-order valence-electron chi connectivity index (χ2n) is 7.79. The number of nitrogens with zero attached hydrogens (tertiary/aromatic N) is 4. The summed E-state index contributed by atoms with van der Waals surface area (Å²) in [5.41, 5.74) is 0.559. The lowest BCUT2D eigenvalue weighted by atomic mass is 9.76. The summed E-state index contributed by atoms with van der Waals surface area (Å²) in [7, 11) is 1.98. The fourth-order valence-electron chi connectivity index (χ4n) is 4.80. The Hall–Kier alpha value is -1.89. The molecule has 0 bridgehead atoms. The normalized spacial score (nSPS) is 23.2. The van der Waals surface area contributed by atoms with E-state index < -0.39 is 11.7 Å². The Labute approximate surface area is 151 Å². The molecule has 2 fully saturated rings. The predicted octanol–water partition coefficient (Wildman–Crippen LogP) is 3.99. The number of halogens is 3. The van der Waals surface area contributed by atoms with Gasteiger partial charge in [-0.3, -0.25) is 4.90 Å². The molecule has 140 valence electrons. The van der Waals surface area contributed by atoms with Crippen LogP contribution in [0.2, 0.25) is 0 Å². The van der Waals surface area contributed by atoms with E-state index in [1.54, 1.807) is 18.5 Å². The van der Waals surface area contributed by atoms with Crippen LogP contribution in [0.1, 0.15) is 48.6 Å². The van der Waals surface area contributed by atoms with Crippen LogP contribution >= 0.6 is 0 Å². The van der Waals surface area contributed by atoms with E-state index in [-0.39, 0.29) is 5.41 Å². The van der Waals surface area contributed by atoms with Crippen LogP contribution in [-0.4, -0.2) is 32.8 Å². The molecule has 1 unspecified atom stereocenters. The molecule has 0 N–H and O–H groups in total. The molecule has 1 atom stereocenters. The smallest absolute Gasteiger partial charge is 0.320 e. The van der Waals surface area contributed by atoms with Gasteiger partial charge in [-0.1, -0.05) is 25.0 Å². The molecule has 1 saturated carbocycles. The van der Waals surface area contributed by atoms with Crippen molar-refractivity contribution in [2.45, 2.75) is 44.3 Å². The Balaban J connectivity index is 1.53. The number of benzene rings is 1. The van der Waals surface area contributed by atoms with Gasteiger partial charge >= 0.3 is 6.18 Å². The van der Waals surface area contributed by atoms with Crippen molar-refractivity contribution in [1.82, 2.24) is 19.7 Å². The van der Waals surface area contributed by atoms with Gasteiger partial charge in [0.05, 0.1) is 5.56 Å². The highest BCUT2D eigenvalue weighted by Gasteiger charge is 2.50. The molecule has 4 rings (SSSR count). The van der Waals surface area contributed by atoms with E-state index in [1.165, 1.54) is 37.8 Å². The molecule has 1 spiro atoms. The van der Waals surface area contributed by atoms with Crippen molar-refractivity contribution in [3.8, 4) is 0 Å². The maximum atomic E-state index is 12.7. The van der Waals surface area contributed by atoms with Gasteiger partial charge in [-0.2, -0.15) is 13.2 Å². The van der Waals surface area contributed by atoms with Crippen LogP contribution in [-0.2, 0) is 19.8 Å². The third-order valence-electron chi connectivity index (χ3n) is 6.06. The first kappa shape index (κ1) is 17.5. The number of hydrogen-bond acceptors (Lipinski definition) is 3. The Morgan fingerprint density at radius 1 is 1.15 bits per heavy atom. The van der Waals surface area contributed by atoms with Crippen LogP contribution in [0.4, 0.5) is 13.2 Å². The first-order valence-corrected chi connectivity index (χ1v) is 9.10. The van der Waals surface area contributed by atoms with E-state index in [0.29, 0.717) is 12.5 Å². The first-order valence-electron chi connectivity index (χ1n) is 9.10. The summed E-state index contributed by atoms with van der Waals surface area (Å²) in [6.45, 7) is 2.54. The molecule has 2 heterocycles. The lowest BCUT2D eigenvalue weighted by Gasteiger charge is -2.29. The topological polar surface area (TPSA) is 34.0 Å². The van der Waals surface area contributed by atoms with Gasteiger partial charge in [-0.15, -0.1) is 10.2 Å². The van der Waals surface area contributed by atoms with Crippen molar-refractivity contribution in [2.75, 3.05) is 13.1 Å². The molecular formula is C19H23F3N4. The van der Waals surface area contributed by atoms with E-state index in [1.807, 2.05) is 11.6 Å². The van der Waals surface area contributed by atoms with Crippen LogP contribution < -0.4 is 0 Å². The maximum absolute atomic E-state index is 12.7. The standard InChI is InChI=1S/C19H23F3N4/c1-25-13-23-24-17(25)16-11-26(12-18(16)8-2-3-9-18)10-14-4-6-15(7-5-14)19(20,21)22/h4-7,13,16H,2-3,8-12H2,1H3. The van der Waals surface area contributed by atoms with Gasteiger partial charge in [-0.05, 0) is 36.0 Å². The molecule has 0 radical (unpaired) electrons. The number of hydrogen-bond donors (Lipinski definition) is 0. The lowest BCUT2D eigenvalue weighted by Crippen LogP contribution is -2.27. The van der Waals surface area contributed by atoms with E-state index in [2.05, 4.69) is 15.1 Å². The quantitative estimate of drug-likeness (QED) is 0.826. The summed E-state index contributed by atoms with van der Waals surface area (Å²) in [5.74, 6) is 1.37. The highest BCUT2D eigenvalue weighted by Crippen LogP contribution is 2.53. The summed E-state index contributed by atoms with van der Waals surface area (Å²) in [5, 5.41) is 8.41. The van der Waals surface area contributed by atoms with E-state index in [9.17, 15) is 13.2 Å². The number of alkyl halides is 3. The molecule has 1 aromatic carbocycles. The third-order valence-corrected chi connectivity index (χ3v) is 6.06. The van der Waals surface area contributed by atoms with Gasteiger partial charge in [0.2, 0.25) is 0 Å². The molecule has 1 aromatic heterocycles. The lowest BCUT2D eigenvalue weighted by molar-refractivity contribution is -0.137. The molecule has 4 nitrogen and oxygen atoms in total. The molecular weight excluding hydrogens is 341 g/mol. The summed E-state index contributed by atoms with van der Waals surface area (Å²) < 4.78 is 40.2. The minimum absolute atomic E-state index is 0.229. The van der Waals surface area contributed by atoms with Gasteiger partial charge in [0, 0.05) is 32.6 Å². The zero-order valence-corrected chi connectivity index (χ0v) is 14.8. The number of aromatic nitrogens is 3. The van der Waals surface area contributed by atoms with Crippen LogP contribution in [0.5, 0.6) is 0 Å². The SMILES string of the molecule is Cn1cnnc1C1CN(Cc2ccc(C(F)(F)F)cc2)CC12CCCC2. The van der Waals surface area contributed by atoms with Crippen LogP contribution in [0.25, 0.3) is 0 Å². The third kappa shape index (κ3) is 3.13. The van der Waals surface area contributed by atoms with Gasteiger partial charge < -0.3 is 4.57 Å². The molecule has 7 heteroatoms. The fourth-order valence-corrected chi connectivity index (χ4v) is 4.80. The predicted molar refractivity (Wildman–Crippen MR) is 91.4 cm³/mol. The van der Waals surface area contributed by atoms with Gasteiger partial charge in [-0.25, -0.2) is 0 Å². The molecule has 26 heavy (non-hydrogen) atoms. The zero-order valence-electron chi connectivity index (χ0n) is 14.8. The van der Waals surface area contributed by atoms with Crippen molar-refractivity contribution in [3.63, 3.8) is 0 Å². The molecule has 1 aliphatic heterocycles. The monoisotopic (exact) mass is 364 g/mol. The molecule has 1 saturated heterocycles. The van der Waals surface area contributed by atoms with Crippen molar-refractivity contribution in [2.24, 2.45) is 12.5 Å². The van der Waals surface area contributed by atoms with Crippen LogP contribution in [0, 0.1) is 5.41 Å².